The van der Waals surface area contributed by atoms with E-state index in [9.17, 15) is 8.78 Å². The minimum Gasteiger partial charge on any atom is -0.435 e. The van der Waals surface area contributed by atoms with Crippen molar-refractivity contribution in [3.63, 3.8) is 0 Å². The lowest BCUT2D eigenvalue weighted by atomic mass is 10.2. The molecule has 0 unspecified atom stereocenters. The number of halogens is 2. The maximum absolute atomic E-state index is 12.3. The maximum atomic E-state index is 12.3. The molecule has 24 heavy (non-hydrogen) atoms. The van der Waals surface area contributed by atoms with Gasteiger partial charge in [0.25, 0.3) is 0 Å². The zero-order valence-electron chi connectivity index (χ0n) is 13.7. The Kier molecular flexibility index (Phi) is 6.99. The molecular formula is C17H21F2N3OS. The van der Waals surface area contributed by atoms with Gasteiger partial charge in [-0.15, -0.1) is 11.3 Å². The van der Waals surface area contributed by atoms with E-state index in [-0.39, 0.29) is 5.75 Å². The summed E-state index contributed by atoms with van der Waals surface area (Å²) in [5, 5.41) is 5.30. The number of likely N-dealkylation sites (N-methyl/N-ethyl adjacent to an activating group) is 1. The lowest BCUT2D eigenvalue weighted by Crippen LogP contribution is -2.39. The predicted molar refractivity (Wildman–Crippen MR) is 93.9 cm³/mol. The fourth-order valence-corrected chi connectivity index (χ4v) is 2.93. The van der Waals surface area contributed by atoms with E-state index in [2.05, 4.69) is 26.5 Å². The molecule has 0 aliphatic carbocycles. The van der Waals surface area contributed by atoms with Crippen LogP contribution in [0, 0.1) is 0 Å². The van der Waals surface area contributed by atoms with Crippen molar-refractivity contribution in [2.75, 3.05) is 20.6 Å². The number of ether oxygens (including phenoxy) is 1. The quantitative estimate of drug-likeness (QED) is 0.610. The van der Waals surface area contributed by atoms with Gasteiger partial charge in [0.2, 0.25) is 0 Å². The van der Waals surface area contributed by atoms with Gasteiger partial charge in [-0.05, 0) is 35.6 Å². The van der Waals surface area contributed by atoms with Gasteiger partial charge in [0.15, 0.2) is 5.96 Å². The van der Waals surface area contributed by atoms with Gasteiger partial charge in [-0.25, -0.2) is 0 Å². The second-order valence-corrected chi connectivity index (χ2v) is 6.21. The Morgan fingerprint density at radius 1 is 1.33 bits per heavy atom. The van der Waals surface area contributed by atoms with Crippen molar-refractivity contribution < 1.29 is 13.5 Å². The molecule has 0 atom stereocenters. The summed E-state index contributed by atoms with van der Waals surface area (Å²) < 4.78 is 28.9. The Morgan fingerprint density at radius 2 is 2.17 bits per heavy atom. The number of hydrogen-bond donors (Lipinski definition) is 1. The summed E-state index contributed by atoms with van der Waals surface area (Å²) in [5.41, 5.74) is 0.848. The Bertz CT molecular complexity index is 647. The van der Waals surface area contributed by atoms with Crippen molar-refractivity contribution >= 4 is 17.3 Å². The minimum absolute atomic E-state index is 0.158. The summed E-state index contributed by atoms with van der Waals surface area (Å²) in [6, 6.07) is 10.8. The molecule has 0 fully saturated rings. The molecule has 7 heteroatoms. The number of rotatable bonds is 7. The number of alkyl halides is 2. The Morgan fingerprint density at radius 3 is 2.83 bits per heavy atom. The zero-order valence-corrected chi connectivity index (χ0v) is 14.5. The molecule has 0 aliphatic heterocycles. The highest BCUT2D eigenvalue weighted by atomic mass is 32.1. The Labute approximate surface area is 144 Å². The van der Waals surface area contributed by atoms with E-state index in [1.165, 1.54) is 10.9 Å². The summed E-state index contributed by atoms with van der Waals surface area (Å²) >= 11 is 1.74. The third kappa shape index (κ3) is 5.81. The molecular weight excluding hydrogens is 332 g/mol. The largest absolute Gasteiger partial charge is 0.435 e. The number of guanidine groups is 1. The molecule has 0 aliphatic rings. The van der Waals surface area contributed by atoms with Gasteiger partial charge in [-0.3, -0.25) is 4.99 Å². The molecule has 1 aromatic carbocycles. The van der Waals surface area contributed by atoms with Crippen LogP contribution in [0.15, 0.2) is 46.8 Å². The summed E-state index contributed by atoms with van der Waals surface area (Å²) in [6.45, 7) is -1.49. The topological polar surface area (TPSA) is 36.9 Å². The average molecular weight is 353 g/mol. The van der Waals surface area contributed by atoms with Gasteiger partial charge in [0, 0.05) is 32.1 Å². The number of thiophene rings is 1. The Hall–Kier alpha value is -2.15. The van der Waals surface area contributed by atoms with E-state index in [1.807, 2.05) is 24.1 Å². The second-order valence-electron chi connectivity index (χ2n) is 5.18. The first-order chi connectivity index (χ1) is 11.6. The van der Waals surface area contributed by atoms with Gasteiger partial charge in [-0.1, -0.05) is 18.2 Å². The summed E-state index contributed by atoms with van der Waals surface area (Å²) in [6.07, 6.45) is 0.951. The van der Waals surface area contributed by atoms with Crippen LogP contribution in [0.3, 0.4) is 0 Å². The van der Waals surface area contributed by atoms with Crippen molar-refractivity contribution in [2.24, 2.45) is 4.99 Å². The van der Waals surface area contributed by atoms with E-state index in [0.29, 0.717) is 6.54 Å². The number of benzene rings is 1. The van der Waals surface area contributed by atoms with E-state index in [0.717, 1.165) is 24.5 Å². The highest BCUT2D eigenvalue weighted by molar-refractivity contribution is 7.09. The molecule has 1 heterocycles. The average Bonchev–Trinajstić information content (AvgIpc) is 3.06. The van der Waals surface area contributed by atoms with Crippen LogP contribution >= 0.6 is 11.3 Å². The molecule has 2 rings (SSSR count). The summed E-state index contributed by atoms with van der Waals surface area (Å²) in [5.74, 6) is 0.914. The number of hydrogen-bond acceptors (Lipinski definition) is 3. The fraction of sp³-hybridized carbons (Fsp3) is 0.353. The summed E-state index contributed by atoms with van der Waals surface area (Å²) in [7, 11) is 3.69. The van der Waals surface area contributed by atoms with Crippen LogP contribution in [0.1, 0.15) is 10.4 Å². The van der Waals surface area contributed by atoms with Crippen LogP contribution in [0.4, 0.5) is 8.78 Å². The SMILES string of the molecule is CN=C(NCc1cccc(OC(F)F)c1)N(C)CCc1cccs1. The second kappa shape index (κ2) is 9.22. The van der Waals surface area contributed by atoms with Gasteiger partial charge < -0.3 is 15.0 Å². The van der Waals surface area contributed by atoms with Gasteiger partial charge >= 0.3 is 6.61 Å². The third-order valence-corrected chi connectivity index (χ3v) is 4.36. The van der Waals surface area contributed by atoms with Crippen LogP contribution in [0.2, 0.25) is 0 Å². The van der Waals surface area contributed by atoms with Gasteiger partial charge in [0.1, 0.15) is 5.75 Å². The smallest absolute Gasteiger partial charge is 0.387 e. The lowest BCUT2D eigenvalue weighted by Gasteiger charge is -2.22. The molecule has 0 saturated heterocycles. The maximum Gasteiger partial charge on any atom is 0.387 e. The monoisotopic (exact) mass is 353 g/mol. The molecule has 1 aromatic heterocycles. The van der Waals surface area contributed by atoms with Crippen molar-refractivity contribution in [1.82, 2.24) is 10.2 Å². The third-order valence-electron chi connectivity index (χ3n) is 3.42. The molecule has 0 saturated carbocycles. The molecule has 0 bridgehead atoms. The highest BCUT2D eigenvalue weighted by Gasteiger charge is 2.08. The first-order valence-corrected chi connectivity index (χ1v) is 8.44. The first-order valence-electron chi connectivity index (χ1n) is 7.56. The predicted octanol–water partition coefficient (Wildman–Crippen LogP) is 3.60. The van der Waals surface area contributed by atoms with Crippen molar-refractivity contribution in [3.05, 3.63) is 52.2 Å². The highest BCUT2D eigenvalue weighted by Crippen LogP contribution is 2.16. The summed E-state index contributed by atoms with van der Waals surface area (Å²) in [4.78, 5) is 7.63. The normalized spacial score (nSPS) is 11.6. The molecule has 1 N–H and O–H groups in total. The molecule has 0 radical (unpaired) electrons. The van der Waals surface area contributed by atoms with Crippen LogP contribution in [-0.2, 0) is 13.0 Å². The van der Waals surface area contributed by atoms with Crippen LogP contribution < -0.4 is 10.1 Å². The minimum atomic E-state index is -2.82. The van der Waals surface area contributed by atoms with Gasteiger partial charge in [-0.2, -0.15) is 8.78 Å². The fourth-order valence-electron chi connectivity index (χ4n) is 2.24. The molecule has 4 nitrogen and oxygen atoms in total. The van der Waals surface area contributed by atoms with Crippen molar-refractivity contribution in [1.29, 1.82) is 0 Å². The molecule has 0 spiro atoms. The molecule has 2 aromatic rings. The lowest BCUT2D eigenvalue weighted by molar-refractivity contribution is -0.0498. The number of nitrogens with one attached hydrogen (secondary N) is 1. The van der Waals surface area contributed by atoms with Crippen molar-refractivity contribution in [3.8, 4) is 5.75 Å². The van der Waals surface area contributed by atoms with Crippen molar-refractivity contribution in [2.45, 2.75) is 19.6 Å². The molecule has 0 amide bonds. The van der Waals surface area contributed by atoms with E-state index < -0.39 is 6.61 Å². The van der Waals surface area contributed by atoms with E-state index in [1.54, 1.807) is 30.5 Å². The number of nitrogens with zero attached hydrogens (tertiary/aromatic N) is 2. The van der Waals surface area contributed by atoms with Gasteiger partial charge in [0.05, 0.1) is 0 Å². The molecule has 130 valence electrons. The van der Waals surface area contributed by atoms with Crippen LogP contribution in [-0.4, -0.2) is 38.1 Å². The first kappa shape index (κ1) is 18.2. The zero-order chi connectivity index (χ0) is 17.4. The number of aliphatic imine (C=N–C) groups is 1. The van der Waals surface area contributed by atoms with Crippen LogP contribution in [0.5, 0.6) is 5.75 Å². The Balaban J connectivity index is 1.86. The van der Waals surface area contributed by atoms with Crippen LogP contribution in [0.25, 0.3) is 0 Å². The standard InChI is InChI=1S/C17H21F2N3OS/c1-20-17(22(2)9-8-15-7-4-10-24-15)21-12-13-5-3-6-14(11-13)23-16(18)19/h3-7,10-11,16H,8-9,12H2,1-2H3,(H,20,21). The van der Waals surface area contributed by atoms with E-state index >= 15 is 0 Å². The van der Waals surface area contributed by atoms with E-state index in [4.69, 9.17) is 0 Å².